The standard InChI is InChI=1S/C17H12ClN3O/c1-9-14(10-4-6-19-7-5-10)16-15(21-17(9)22)12-8-11(18)2-3-13(12)20-16/h2-8,20H,1H3,(H,21,22). The van der Waals surface area contributed by atoms with E-state index in [-0.39, 0.29) is 5.56 Å². The predicted molar refractivity (Wildman–Crippen MR) is 89.4 cm³/mol. The zero-order chi connectivity index (χ0) is 15.3. The molecule has 0 fully saturated rings. The fraction of sp³-hybridized carbons (Fsp3) is 0.0588. The Bertz CT molecular complexity index is 1060. The highest BCUT2D eigenvalue weighted by Crippen LogP contribution is 2.33. The van der Waals surface area contributed by atoms with Gasteiger partial charge in [-0.15, -0.1) is 0 Å². The Morgan fingerprint density at radius 1 is 1.05 bits per heavy atom. The molecule has 3 heterocycles. The van der Waals surface area contributed by atoms with E-state index < -0.39 is 0 Å². The molecular weight excluding hydrogens is 298 g/mol. The van der Waals surface area contributed by atoms with Crippen molar-refractivity contribution in [2.24, 2.45) is 0 Å². The van der Waals surface area contributed by atoms with Gasteiger partial charge in [-0.2, -0.15) is 0 Å². The summed E-state index contributed by atoms with van der Waals surface area (Å²) in [4.78, 5) is 22.7. The summed E-state index contributed by atoms with van der Waals surface area (Å²) in [7, 11) is 0. The average molecular weight is 310 g/mol. The molecule has 0 aliphatic rings. The summed E-state index contributed by atoms with van der Waals surface area (Å²) in [6.07, 6.45) is 3.45. The number of benzene rings is 1. The van der Waals surface area contributed by atoms with E-state index in [2.05, 4.69) is 15.0 Å². The van der Waals surface area contributed by atoms with Crippen LogP contribution < -0.4 is 5.56 Å². The highest BCUT2D eigenvalue weighted by molar-refractivity contribution is 6.31. The molecule has 4 nitrogen and oxygen atoms in total. The Morgan fingerprint density at radius 3 is 2.59 bits per heavy atom. The minimum absolute atomic E-state index is 0.0970. The van der Waals surface area contributed by atoms with Crippen LogP contribution in [0.25, 0.3) is 33.1 Å². The Balaban J connectivity index is 2.22. The summed E-state index contributed by atoms with van der Waals surface area (Å²) >= 11 is 6.09. The molecule has 0 spiro atoms. The first-order valence-electron chi connectivity index (χ1n) is 6.89. The van der Waals surface area contributed by atoms with Crippen molar-refractivity contribution in [3.05, 3.63) is 63.7 Å². The monoisotopic (exact) mass is 309 g/mol. The van der Waals surface area contributed by atoms with E-state index in [1.165, 1.54) is 0 Å². The number of hydrogen-bond acceptors (Lipinski definition) is 2. The number of halogens is 1. The first kappa shape index (κ1) is 13.1. The SMILES string of the molecule is Cc1c(-c2ccncc2)c2[nH]c3ccc(Cl)cc3c2[nH]c1=O. The van der Waals surface area contributed by atoms with Crippen LogP contribution in [0.15, 0.2) is 47.5 Å². The quantitative estimate of drug-likeness (QED) is 0.557. The molecule has 0 atom stereocenters. The third kappa shape index (κ3) is 1.84. The number of nitrogens with zero attached hydrogens (tertiary/aromatic N) is 1. The summed E-state index contributed by atoms with van der Waals surface area (Å²) < 4.78 is 0. The lowest BCUT2D eigenvalue weighted by Crippen LogP contribution is -2.10. The van der Waals surface area contributed by atoms with Crippen molar-refractivity contribution >= 4 is 33.5 Å². The molecule has 2 N–H and O–H groups in total. The van der Waals surface area contributed by atoms with Crippen LogP contribution in [0, 0.1) is 6.92 Å². The average Bonchev–Trinajstić information content (AvgIpc) is 2.87. The van der Waals surface area contributed by atoms with Crippen molar-refractivity contribution in [3.8, 4) is 11.1 Å². The largest absolute Gasteiger partial charge is 0.353 e. The number of aromatic amines is 2. The van der Waals surface area contributed by atoms with Crippen LogP contribution in [-0.2, 0) is 0 Å². The smallest absolute Gasteiger partial charge is 0.252 e. The first-order chi connectivity index (χ1) is 10.6. The number of H-pyrrole nitrogens is 2. The lowest BCUT2D eigenvalue weighted by atomic mass is 10.0. The summed E-state index contributed by atoms with van der Waals surface area (Å²) in [5, 5.41) is 1.55. The van der Waals surface area contributed by atoms with Gasteiger partial charge in [-0.3, -0.25) is 9.78 Å². The number of aromatic nitrogens is 3. The Hall–Kier alpha value is -2.59. The third-order valence-corrected chi connectivity index (χ3v) is 4.17. The number of fused-ring (bicyclic) bond motifs is 3. The van der Waals surface area contributed by atoms with Crippen molar-refractivity contribution in [3.63, 3.8) is 0 Å². The van der Waals surface area contributed by atoms with Gasteiger partial charge < -0.3 is 9.97 Å². The fourth-order valence-electron chi connectivity index (χ4n) is 2.87. The highest BCUT2D eigenvalue weighted by Gasteiger charge is 2.15. The zero-order valence-corrected chi connectivity index (χ0v) is 12.5. The second kappa shape index (κ2) is 4.71. The molecule has 3 aromatic heterocycles. The van der Waals surface area contributed by atoms with Gasteiger partial charge in [0.15, 0.2) is 0 Å². The van der Waals surface area contributed by atoms with E-state index in [0.717, 1.165) is 33.1 Å². The molecule has 1 aromatic carbocycles. The lowest BCUT2D eigenvalue weighted by Gasteiger charge is -2.07. The lowest BCUT2D eigenvalue weighted by molar-refractivity contribution is 1.23. The molecule has 0 saturated heterocycles. The molecule has 5 heteroatoms. The second-order valence-electron chi connectivity index (χ2n) is 5.25. The van der Waals surface area contributed by atoms with Crippen LogP contribution >= 0.6 is 11.6 Å². The minimum Gasteiger partial charge on any atom is -0.353 e. The molecule has 0 aliphatic carbocycles. The Labute approximate surface area is 130 Å². The van der Waals surface area contributed by atoms with Gasteiger partial charge in [0.25, 0.3) is 5.56 Å². The maximum atomic E-state index is 12.3. The molecule has 0 amide bonds. The minimum atomic E-state index is -0.0970. The van der Waals surface area contributed by atoms with E-state index >= 15 is 0 Å². The Kier molecular flexibility index (Phi) is 2.81. The van der Waals surface area contributed by atoms with Crippen LogP contribution in [0.3, 0.4) is 0 Å². The van der Waals surface area contributed by atoms with Gasteiger partial charge in [-0.1, -0.05) is 11.6 Å². The van der Waals surface area contributed by atoms with Crippen molar-refractivity contribution in [2.45, 2.75) is 6.92 Å². The maximum absolute atomic E-state index is 12.3. The molecule has 0 unspecified atom stereocenters. The summed E-state index contributed by atoms with van der Waals surface area (Å²) in [5.41, 5.74) is 5.06. The molecule has 22 heavy (non-hydrogen) atoms. The van der Waals surface area contributed by atoms with E-state index in [1.54, 1.807) is 12.4 Å². The fourth-order valence-corrected chi connectivity index (χ4v) is 3.04. The van der Waals surface area contributed by atoms with Gasteiger partial charge in [0.1, 0.15) is 0 Å². The van der Waals surface area contributed by atoms with Gasteiger partial charge in [-0.25, -0.2) is 0 Å². The van der Waals surface area contributed by atoms with Crippen LogP contribution in [-0.4, -0.2) is 15.0 Å². The van der Waals surface area contributed by atoms with E-state index in [9.17, 15) is 4.79 Å². The second-order valence-corrected chi connectivity index (χ2v) is 5.69. The molecule has 0 radical (unpaired) electrons. The number of hydrogen-bond donors (Lipinski definition) is 2. The van der Waals surface area contributed by atoms with Gasteiger partial charge in [0, 0.05) is 39.4 Å². The van der Waals surface area contributed by atoms with Crippen molar-refractivity contribution < 1.29 is 0 Å². The third-order valence-electron chi connectivity index (χ3n) is 3.93. The first-order valence-corrected chi connectivity index (χ1v) is 7.27. The summed E-state index contributed by atoms with van der Waals surface area (Å²) in [6.45, 7) is 1.83. The van der Waals surface area contributed by atoms with Gasteiger partial charge in [0.05, 0.1) is 11.0 Å². The van der Waals surface area contributed by atoms with E-state index in [4.69, 9.17) is 11.6 Å². The van der Waals surface area contributed by atoms with Gasteiger partial charge in [-0.05, 0) is 42.8 Å². The number of pyridine rings is 2. The molecule has 108 valence electrons. The highest BCUT2D eigenvalue weighted by atomic mass is 35.5. The van der Waals surface area contributed by atoms with Gasteiger partial charge >= 0.3 is 0 Å². The van der Waals surface area contributed by atoms with E-state index in [1.807, 2.05) is 37.3 Å². The molecular formula is C17H12ClN3O. The predicted octanol–water partition coefficient (Wildman–Crippen LogP) is 4.03. The summed E-state index contributed by atoms with van der Waals surface area (Å²) in [6, 6.07) is 9.41. The van der Waals surface area contributed by atoms with Crippen LogP contribution in [0.4, 0.5) is 0 Å². The number of rotatable bonds is 1. The zero-order valence-electron chi connectivity index (χ0n) is 11.8. The summed E-state index contributed by atoms with van der Waals surface area (Å²) in [5.74, 6) is 0. The van der Waals surface area contributed by atoms with Crippen LogP contribution in [0.5, 0.6) is 0 Å². The van der Waals surface area contributed by atoms with Crippen molar-refractivity contribution in [2.75, 3.05) is 0 Å². The van der Waals surface area contributed by atoms with Crippen LogP contribution in [0.1, 0.15) is 5.56 Å². The van der Waals surface area contributed by atoms with Crippen LogP contribution in [0.2, 0.25) is 5.02 Å². The van der Waals surface area contributed by atoms with Crippen molar-refractivity contribution in [1.29, 1.82) is 0 Å². The molecule has 4 rings (SSSR count). The van der Waals surface area contributed by atoms with Gasteiger partial charge in [0.2, 0.25) is 0 Å². The molecule has 4 aromatic rings. The Morgan fingerprint density at radius 2 is 1.82 bits per heavy atom. The molecule has 0 saturated carbocycles. The van der Waals surface area contributed by atoms with Crippen molar-refractivity contribution in [1.82, 2.24) is 15.0 Å². The normalized spacial score (nSPS) is 11.4. The maximum Gasteiger partial charge on any atom is 0.252 e. The van der Waals surface area contributed by atoms with E-state index in [0.29, 0.717) is 10.6 Å². The molecule has 0 aliphatic heterocycles. The number of nitrogens with one attached hydrogen (secondary N) is 2. The molecule has 0 bridgehead atoms. The topological polar surface area (TPSA) is 61.5 Å².